The summed E-state index contributed by atoms with van der Waals surface area (Å²) in [6, 6.07) is 64.0. The first-order valence-corrected chi connectivity index (χ1v) is 26.3. The van der Waals surface area contributed by atoms with E-state index in [9.17, 15) is 24.3 Å². The topological polar surface area (TPSA) is 123 Å². The number of hydrogen-bond acceptors (Lipinski definition) is 7. The highest BCUT2D eigenvalue weighted by Gasteiger charge is 2.42. The van der Waals surface area contributed by atoms with Crippen LogP contribution in [0.2, 0.25) is 0 Å². The quantitative estimate of drug-likeness (QED) is 0.0948. The zero-order valence-electron chi connectivity index (χ0n) is 44.4. The number of carboxylic acid groups (broad SMARTS) is 1. The van der Waals surface area contributed by atoms with E-state index in [0.717, 1.165) is 66.8 Å². The highest BCUT2D eigenvalue weighted by Crippen LogP contribution is 2.39. The molecule has 79 heavy (non-hydrogen) atoms. The number of hydrogen-bond donors (Lipinski definition) is 1. The van der Waals surface area contributed by atoms with Gasteiger partial charge in [-0.25, -0.2) is 9.59 Å². The largest absolute Gasteiger partial charge is 0.480 e. The molecule has 1 N–H and O–H groups in total. The predicted octanol–water partition coefficient (Wildman–Crippen LogP) is 11.3. The number of fused-ring (bicyclic) bond motifs is 2. The first-order valence-electron chi connectivity index (χ1n) is 26.3. The van der Waals surface area contributed by atoms with Crippen molar-refractivity contribution >= 4 is 23.8 Å². The molecule has 10 nitrogen and oxygen atoms in total. The molecule has 0 aromatic heterocycles. The lowest BCUT2D eigenvalue weighted by Crippen LogP contribution is -2.50. The Morgan fingerprint density at radius 2 is 0.810 bits per heavy atom. The van der Waals surface area contributed by atoms with E-state index < -0.39 is 35.9 Å². The fraction of sp³-hybridized carbons (Fsp3) is 0.188. The Bertz CT molecular complexity index is 3460. The van der Waals surface area contributed by atoms with Crippen LogP contribution in [0, 0.1) is 37.5 Å². The lowest BCUT2D eigenvalue weighted by Gasteiger charge is -2.38. The number of rotatable bonds is 12. The maximum Gasteiger partial charge on any atom is 0.328 e. The van der Waals surface area contributed by atoms with Crippen molar-refractivity contribution in [2.24, 2.45) is 0 Å². The van der Waals surface area contributed by atoms with Crippen molar-refractivity contribution in [3.63, 3.8) is 0 Å². The number of amides is 2. The zero-order valence-corrected chi connectivity index (χ0v) is 44.4. The Morgan fingerprint density at radius 1 is 0.481 bits per heavy atom. The Balaban J connectivity index is 0.000000192. The minimum Gasteiger partial charge on any atom is -0.480 e. The van der Waals surface area contributed by atoms with Crippen molar-refractivity contribution in [1.82, 2.24) is 9.80 Å². The molecule has 0 aliphatic carbocycles. The molecule has 2 heterocycles. The number of carboxylic acids is 1. The third kappa shape index (κ3) is 13.0. The number of carbonyl (C=O) groups is 4. The summed E-state index contributed by atoms with van der Waals surface area (Å²) in [5, 5.41) is 10.2. The summed E-state index contributed by atoms with van der Waals surface area (Å²) in [5.41, 5.74) is 10.7. The molecule has 10 heteroatoms. The molecule has 2 atom stereocenters. The Labute approximate surface area is 462 Å². The Hall–Kier alpha value is -9.64. The molecule has 0 saturated carbocycles. The second-order valence-corrected chi connectivity index (χ2v) is 19.4. The second kappa shape index (κ2) is 25.9. The maximum atomic E-state index is 14.3. The van der Waals surface area contributed by atoms with Crippen molar-refractivity contribution in [3.8, 4) is 35.2 Å². The van der Waals surface area contributed by atoms with Gasteiger partial charge in [0.15, 0.2) is 0 Å². The van der Waals surface area contributed by atoms with Crippen molar-refractivity contribution in [1.29, 1.82) is 0 Å². The van der Waals surface area contributed by atoms with Crippen LogP contribution in [-0.2, 0) is 49.8 Å². The van der Waals surface area contributed by atoms with Crippen LogP contribution >= 0.6 is 0 Å². The van der Waals surface area contributed by atoms with Gasteiger partial charge in [0.2, 0.25) is 11.8 Å². The minimum absolute atomic E-state index is 0.143. The molecule has 0 unspecified atom stereocenters. The average molecular weight is 1050 g/mol. The fourth-order valence-corrected chi connectivity index (χ4v) is 10.3. The van der Waals surface area contributed by atoms with E-state index in [4.69, 9.17) is 14.2 Å². The van der Waals surface area contributed by atoms with Gasteiger partial charge in [-0.3, -0.25) is 9.59 Å². The smallest absolute Gasteiger partial charge is 0.328 e. The molecule has 2 aliphatic heterocycles. The van der Waals surface area contributed by atoms with Crippen LogP contribution in [0.3, 0.4) is 0 Å². The zero-order chi connectivity index (χ0) is 55.1. The SMILES string of the molecule is COC(=O)[C@@H]1Cc2c(ccc(C)c2OCC#Cc2ccccc2)CN1C(=O)C(c1ccccc1)c1ccccc1.Cc1ccc2c(c1OCC#Cc1ccccc1)C[C@@H](C(=O)O)N(C(=O)C(c1ccccc1)c1ccccc1)C2. The van der Waals surface area contributed by atoms with E-state index in [0.29, 0.717) is 17.9 Å². The number of benzene rings is 8. The van der Waals surface area contributed by atoms with Crippen LogP contribution in [0.5, 0.6) is 11.5 Å². The molecule has 0 bridgehead atoms. The molecular formula is C69H60N2O8. The number of nitrogens with zero attached hydrogens (tertiary/aromatic N) is 2. The predicted molar refractivity (Wildman–Crippen MR) is 305 cm³/mol. The van der Waals surface area contributed by atoms with Crippen molar-refractivity contribution in [3.05, 3.63) is 273 Å². The molecule has 2 aliphatic rings. The lowest BCUT2D eigenvalue weighted by atomic mass is 9.86. The number of aliphatic carboxylic acids is 1. The molecule has 0 saturated heterocycles. The van der Waals surface area contributed by atoms with Gasteiger partial charge in [-0.05, 0) is 82.6 Å². The number of ether oxygens (including phenoxy) is 3. The van der Waals surface area contributed by atoms with Crippen molar-refractivity contribution < 1.29 is 38.5 Å². The maximum absolute atomic E-state index is 14.3. The van der Waals surface area contributed by atoms with Crippen LogP contribution in [0.1, 0.15) is 78.6 Å². The van der Waals surface area contributed by atoms with Gasteiger partial charge in [-0.15, -0.1) is 0 Å². The third-order valence-corrected chi connectivity index (χ3v) is 14.3. The highest BCUT2D eigenvalue weighted by molar-refractivity contribution is 5.93. The first-order chi connectivity index (χ1) is 38.6. The number of aryl methyl sites for hydroxylation is 2. The Kier molecular flexibility index (Phi) is 17.8. The summed E-state index contributed by atoms with van der Waals surface area (Å²) < 4.78 is 17.5. The molecule has 10 rings (SSSR count). The van der Waals surface area contributed by atoms with Gasteiger partial charge < -0.3 is 29.1 Å². The minimum atomic E-state index is -1.04. The van der Waals surface area contributed by atoms with Crippen LogP contribution in [0.15, 0.2) is 206 Å². The summed E-state index contributed by atoms with van der Waals surface area (Å²) in [6.45, 7) is 4.77. The monoisotopic (exact) mass is 1040 g/mol. The molecular weight excluding hydrogens is 985 g/mol. The van der Waals surface area contributed by atoms with Gasteiger partial charge in [-0.1, -0.05) is 206 Å². The summed E-state index contributed by atoms with van der Waals surface area (Å²) in [7, 11) is 1.36. The van der Waals surface area contributed by atoms with Gasteiger partial charge in [-0.2, -0.15) is 0 Å². The van der Waals surface area contributed by atoms with E-state index in [2.05, 4.69) is 23.7 Å². The molecule has 0 fully saturated rings. The number of carbonyl (C=O) groups excluding carboxylic acids is 3. The fourth-order valence-electron chi connectivity index (χ4n) is 10.3. The average Bonchev–Trinajstić information content (AvgIpc) is 3.61. The lowest BCUT2D eigenvalue weighted by molar-refractivity contribution is -0.154. The van der Waals surface area contributed by atoms with Gasteiger partial charge in [0.05, 0.1) is 18.9 Å². The van der Waals surface area contributed by atoms with E-state index >= 15 is 0 Å². The van der Waals surface area contributed by atoms with Crippen LogP contribution in [0.25, 0.3) is 0 Å². The highest BCUT2D eigenvalue weighted by atomic mass is 16.5. The molecule has 8 aromatic rings. The molecule has 0 spiro atoms. The van der Waals surface area contributed by atoms with E-state index in [-0.39, 0.29) is 44.5 Å². The van der Waals surface area contributed by atoms with Gasteiger partial charge in [0.25, 0.3) is 0 Å². The van der Waals surface area contributed by atoms with Crippen LogP contribution in [-0.4, -0.2) is 71.1 Å². The molecule has 8 aromatic carbocycles. The second-order valence-electron chi connectivity index (χ2n) is 19.4. The summed E-state index contributed by atoms with van der Waals surface area (Å²) in [4.78, 5) is 57.3. The third-order valence-electron chi connectivity index (χ3n) is 14.3. The van der Waals surface area contributed by atoms with E-state index in [1.54, 1.807) is 4.90 Å². The normalized spacial score (nSPS) is 14.1. The summed E-state index contributed by atoms with van der Waals surface area (Å²) in [6.07, 6.45) is 0.461. The van der Waals surface area contributed by atoms with Crippen LogP contribution in [0.4, 0.5) is 0 Å². The Morgan fingerprint density at radius 3 is 1.15 bits per heavy atom. The summed E-state index contributed by atoms with van der Waals surface area (Å²) >= 11 is 0. The number of methoxy groups -OCH3 is 1. The van der Waals surface area contributed by atoms with E-state index in [1.165, 1.54) is 12.0 Å². The standard InChI is InChI=1S/C35H31NO4.C34H29NO4/c1-25-20-21-29-24-36(34(37)32(27-16-8-4-9-17-27)28-18-10-5-11-19-28)31(35(38)39-2)23-30(29)33(25)40-22-12-15-26-13-6-3-7-14-26;1-24-19-20-28-23-35(33(36)31(26-15-7-3-8-16-26)27-17-9-4-10-18-27)30(34(37)38)22-29(28)32(24)39-21-11-14-25-12-5-2-6-13-25/h3-11,13-14,16-21,31-32H,22-24H2,1-2H3;2-10,12-13,15-20,30-31H,21-23H2,1H3,(H,37,38)/t31-;30-/m00/s1. The molecule has 394 valence electrons. The molecule has 0 radical (unpaired) electrons. The van der Waals surface area contributed by atoms with E-state index in [1.807, 2.05) is 220 Å². The summed E-state index contributed by atoms with van der Waals surface area (Å²) in [5.74, 6) is 10.7. The van der Waals surface area contributed by atoms with Gasteiger partial charge in [0, 0.05) is 48.2 Å². The first kappa shape index (κ1) is 54.2. The van der Waals surface area contributed by atoms with Crippen LogP contribution < -0.4 is 9.47 Å². The van der Waals surface area contributed by atoms with Gasteiger partial charge in [0.1, 0.15) is 36.8 Å². The number of esters is 1. The van der Waals surface area contributed by atoms with Crippen molar-refractivity contribution in [2.75, 3.05) is 20.3 Å². The van der Waals surface area contributed by atoms with Gasteiger partial charge >= 0.3 is 11.9 Å². The molecule has 2 amide bonds. The van der Waals surface area contributed by atoms with Crippen molar-refractivity contribution in [2.45, 2.75) is 63.7 Å².